The van der Waals surface area contributed by atoms with Crippen molar-refractivity contribution >= 4 is 12.0 Å². The van der Waals surface area contributed by atoms with E-state index in [0.717, 1.165) is 43.6 Å². The van der Waals surface area contributed by atoms with E-state index in [9.17, 15) is 4.79 Å². The minimum atomic E-state index is 0.0899. The molecule has 1 amide bonds. The second kappa shape index (κ2) is 6.34. The summed E-state index contributed by atoms with van der Waals surface area (Å²) >= 11 is 0. The maximum Gasteiger partial charge on any atom is 0.247 e. The van der Waals surface area contributed by atoms with Gasteiger partial charge in [-0.1, -0.05) is 13.3 Å². The van der Waals surface area contributed by atoms with Crippen molar-refractivity contribution in [3.8, 4) is 0 Å². The van der Waals surface area contributed by atoms with Crippen molar-refractivity contribution in [1.29, 1.82) is 0 Å². The van der Waals surface area contributed by atoms with Crippen LogP contribution in [0, 0.1) is 0 Å². The van der Waals surface area contributed by atoms with Crippen LogP contribution in [-0.2, 0) is 11.3 Å². The number of aryl methyl sites for hydroxylation is 1. The molecule has 1 saturated heterocycles. The van der Waals surface area contributed by atoms with Crippen LogP contribution in [0.4, 0.5) is 0 Å². The van der Waals surface area contributed by atoms with Crippen molar-refractivity contribution in [3.05, 3.63) is 35.7 Å². The summed E-state index contributed by atoms with van der Waals surface area (Å²) in [5.74, 6) is 0.0899. The van der Waals surface area contributed by atoms with E-state index in [1.54, 1.807) is 0 Å². The largest absolute Gasteiger partial charge is 0.352 e. The van der Waals surface area contributed by atoms with Gasteiger partial charge in [0.2, 0.25) is 11.6 Å². The lowest BCUT2D eigenvalue weighted by molar-refractivity contribution is -0.699. The molecular formula is C15H21N2O+. The summed E-state index contributed by atoms with van der Waals surface area (Å²) in [6.07, 6.45) is 8.39. The number of carbonyl (C=O) groups excluding carboxylic acids is 1. The lowest BCUT2D eigenvalue weighted by Gasteiger charge is -2.14. The SMILES string of the molecule is CCCC[n+]1ccccc1/C=C1\CCCNC1=O. The molecule has 0 aliphatic carbocycles. The Morgan fingerprint density at radius 1 is 1.44 bits per heavy atom. The second-order valence-electron chi connectivity index (χ2n) is 4.70. The van der Waals surface area contributed by atoms with Gasteiger partial charge in [0.15, 0.2) is 6.20 Å². The van der Waals surface area contributed by atoms with Crippen LogP contribution in [0.3, 0.4) is 0 Å². The number of hydrogen-bond donors (Lipinski definition) is 1. The highest BCUT2D eigenvalue weighted by Crippen LogP contribution is 2.13. The molecule has 3 nitrogen and oxygen atoms in total. The van der Waals surface area contributed by atoms with Crippen molar-refractivity contribution in [2.45, 2.75) is 39.2 Å². The Balaban J connectivity index is 2.21. The predicted octanol–water partition coefficient (Wildman–Crippen LogP) is 2.07. The topological polar surface area (TPSA) is 33.0 Å². The van der Waals surface area contributed by atoms with E-state index in [-0.39, 0.29) is 5.91 Å². The number of rotatable bonds is 4. The number of nitrogens with one attached hydrogen (secondary N) is 1. The Morgan fingerprint density at radius 3 is 3.11 bits per heavy atom. The standard InChI is InChI=1S/C15H20N2O/c1-2-3-10-17-11-5-4-8-14(17)12-13-7-6-9-16-15(13)18/h4-5,8,11-12H,2-3,6-7,9-10H2,1H3/p+1/b13-12+. The minimum absolute atomic E-state index is 0.0899. The molecule has 0 atom stereocenters. The van der Waals surface area contributed by atoms with Gasteiger partial charge in [-0.2, -0.15) is 4.57 Å². The zero-order valence-electron chi connectivity index (χ0n) is 11.0. The molecule has 1 aromatic rings. The average molecular weight is 245 g/mol. The van der Waals surface area contributed by atoms with Crippen molar-refractivity contribution in [3.63, 3.8) is 0 Å². The van der Waals surface area contributed by atoms with Crippen LogP contribution in [-0.4, -0.2) is 12.5 Å². The molecule has 1 N–H and O–H groups in total. The summed E-state index contributed by atoms with van der Waals surface area (Å²) in [6, 6.07) is 6.14. The fourth-order valence-electron chi connectivity index (χ4n) is 2.18. The Kier molecular flexibility index (Phi) is 4.51. The van der Waals surface area contributed by atoms with Gasteiger partial charge in [0.25, 0.3) is 0 Å². The number of hydrogen-bond acceptors (Lipinski definition) is 1. The zero-order chi connectivity index (χ0) is 12.8. The maximum atomic E-state index is 11.7. The van der Waals surface area contributed by atoms with E-state index in [1.165, 1.54) is 6.42 Å². The third-order valence-electron chi connectivity index (χ3n) is 3.25. The number of piperidine rings is 1. The van der Waals surface area contributed by atoms with E-state index < -0.39 is 0 Å². The number of amides is 1. The summed E-state index contributed by atoms with van der Waals surface area (Å²) in [6.45, 7) is 4.01. The maximum absolute atomic E-state index is 11.7. The van der Waals surface area contributed by atoms with Crippen molar-refractivity contribution in [1.82, 2.24) is 5.32 Å². The van der Waals surface area contributed by atoms with Gasteiger partial charge in [0, 0.05) is 36.7 Å². The first kappa shape index (κ1) is 12.8. The molecule has 1 aliphatic heterocycles. The highest BCUT2D eigenvalue weighted by Gasteiger charge is 2.16. The molecule has 1 aliphatic rings. The Bertz CT molecular complexity index is 452. The van der Waals surface area contributed by atoms with Crippen LogP contribution in [0.15, 0.2) is 30.0 Å². The first-order chi connectivity index (χ1) is 8.81. The molecule has 1 fully saturated rings. The fraction of sp³-hybridized carbons (Fsp3) is 0.467. The van der Waals surface area contributed by atoms with Crippen molar-refractivity contribution in [2.75, 3.05) is 6.54 Å². The Hall–Kier alpha value is -1.64. The third-order valence-corrected chi connectivity index (χ3v) is 3.25. The molecule has 96 valence electrons. The predicted molar refractivity (Wildman–Crippen MR) is 71.8 cm³/mol. The number of pyridine rings is 1. The quantitative estimate of drug-likeness (QED) is 0.639. The average Bonchev–Trinajstić information content (AvgIpc) is 2.40. The number of carbonyl (C=O) groups is 1. The van der Waals surface area contributed by atoms with E-state index in [4.69, 9.17) is 0 Å². The zero-order valence-corrected chi connectivity index (χ0v) is 11.0. The number of nitrogens with zero attached hydrogens (tertiary/aromatic N) is 1. The van der Waals surface area contributed by atoms with Gasteiger partial charge in [0.05, 0.1) is 0 Å². The fourth-order valence-corrected chi connectivity index (χ4v) is 2.18. The summed E-state index contributed by atoms with van der Waals surface area (Å²) < 4.78 is 2.22. The van der Waals surface area contributed by atoms with Gasteiger partial charge in [-0.15, -0.1) is 0 Å². The molecule has 3 heteroatoms. The van der Waals surface area contributed by atoms with Gasteiger partial charge >= 0.3 is 0 Å². The molecule has 0 saturated carbocycles. The number of aromatic nitrogens is 1. The van der Waals surface area contributed by atoms with Gasteiger partial charge < -0.3 is 5.32 Å². The van der Waals surface area contributed by atoms with Crippen LogP contribution in [0.5, 0.6) is 0 Å². The highest BCUT2D eigenvalue weighted by atomic mass is 16.1. The highest BCUT2D eigenvalue weighted by molar-refractivity contribution is 5.98. The lowest BCUT2D eigenvalue weighted by Crippen LogP contribution is -2.37. The summed E-state index contributed by atoms with van der Waals surface area (Å²) in [5, 5.41) is 2.90. The summed E-state index contributed by atoms with van der Waals surface area (Å²) in [5.41, 5.74) is 2.02. The molecular weight excluding hydrogens is 224 g/mol. The van der Waals surface area contributed by atoms with E-state index in [1.807, 2.05) is 18.2 Å². The second-order valence-corrected chi connectivity index (χ2v) is 4.70. The Morgan fingerprint density at radius 2 is 2.33 bits per heavy atom. The molecule has 0 bridgehead atoms. The lowest BCUT2D eigenvalue weighted by atomic mass is 10.0. The molecule has 2 heterocycles. The third kappa shape index (κ3) is 3.19. The van der Waals surface area contributed by atoms with Gasteiger partial charge in [-0.25, -0.2) is 0 Å². The van der Waals surface area contributed by atoms with E-state index in [2.05, 4.69) is 29.1 Å². The molecule has 0 unspecified atom stereocenters. The van der Waals surface area contributed by atoms with Gasteiger partial charge in [0.1, 0.15) is 6.54 Å². The molecule has 0 radical (unpaired) electrons. The number of unbranched alkanes of at least 4 members (excludes halogenated alkanes) is 1. The van der Waals surface area contributed by atoms with Gasteiger partial charge in [-0.05, 0) is 18.9 Å². The molecule has 0 aromatic carbocycles. The molecule has 1 aromatic heterocycles. The van der Waals surface area contributed by atoms with Crippen LogP contribution in [0.1, 0.15) is 38.3 Å². The van der Waals surface area contributed by atoms with Crippen molar-refractivity contribution in [2.24, 2.45) is 0 Å². The van der Waals surface area contributed by atoms with E-state index >= 15 is 0 Å². The van der Waals surface area contributed by atoms with Crippen molar-refractivity contribution < 1.29 is 9.36 Å². The molecule has 0 spiro atoms. The monoisotopic (exact) mass is 245 g/mol. The van der Waals surface area contributed by atoms with Gasteiger partial charge in [-0.3, -0.25) is 4.79 Å². The summed E-state index contributed by atoms with van der Waals surface area (Å²) in [4.78, 5) is 11.7. The van der Waals surface area contributed by atoms with Crippen LogP contribution in [0.2, 0.25) is 0 Å². The van der Waals surface area contributed by atoms with Crippen LogP contribution in [0.25, 0.3) is 6.08 Å². The van der Waals surface area contributed by atoms with E-state index in [0.29, 0.717) is 0 Å². The van der Waals surface area contributed by atoms with Crippen LogP contribution < -0.4 is 9.88 Å². The Labute approximate surface area is 109 Å². The minimum Gasteiger partial charge on any atom is -0.352 e. The summed E-state index contributed by atoms with van der Waals surface area (Å²) in [7, 11) is 0. The molecule has 2 rings (SSSR count). The first-order valence-electron chi connectivity index (χ1n) is 6.78. The smallest absolute Gasteiger partial charge is 0.247 e. The first-order valence-corrected chi connectivity index (χ1v) is 6.78. The normalized spacial score (nSPS) is 17.8. The molecule has 18 heavy (non-hydrogen) atoms. The van der Waals surface area contributed by atoms with Crippen LogP contribution >= 0.6 is 0 Å².